The molecule has 1 aliphatic rings. The second kappa shape index (κ2) is 23.7. The molecule has 12 nitrogen and oxygen atoms in total. The summed E-state index contributed by atoms with van der Waals surface area (Å²) < 4.78 is 23.6. The van der Waals surface area contributed by atoms with E-state index >= 15 is 0 Å². The third-order valence-corrected chi connectivity index (χ3v) is 11.9. The Labute approximate surface area is 427 Å². The maximum Gasteiger partial charge on any atom is 0.248 e. The van der Waals surface area contributed by atoms with E-state index in [4.69, 9.17) is 28.8 Å². The molecule has 0 fully saturated rings. The van der Waals surface area contributed by atoms with Crippen molar-refractivity contribution < 1.29 is 18.0 Å². The monoisotopic (exact) mass is 971 g/mol. The van der Waals surface area contributed by atoms with Gasteiger partial charge in [-0.2, -0.15) is 0 Å². The van der Waals surface area contributed by atoms with Crippen LogP contribution in [0.1, 0.15) is 158 Å². The largest absolute Gasteiger partial charge is 0.421 e. The van der Waals surface area contributed by atoms with Crippen molar-refractivity contribution in [3.8, 4) is 34.4 Å². The number of hydrogen-bond acceptors (Lipinski definition) is 12. The molecular weight excluding hydrogens is 897 g/mol. The van der Waals surface area contributed by atoms with Gasteiger partial charge < -0.3 is 18.0 Å². The maximum absolute atomic E-state index is 8.37. The highest BCUT2D eigenvalue weighted by Crippen LogP contribution is 2.39. The van der Waals surface area contributed by atoms with Gasteiger partial charge in [0.1, 0.15) is 0 Å². The Hall–Kier alpha value is -7.34. The molecule has 3 aromatic heterocycles. The minimum absolute atomic E-state index is 0.0296. The number of benzene rings is 3. The van der Waals surface area contributed by atoms with Crippen molar-refractivity contribution in [1.29, 1.82) is 10.8 Å². The first-order valence-electron chi connectivity index (χ1n) is 24.8. The maximum atomic E-state index is 8.37. The molecule has 0 bridgehead atoms. The lowest BCUT2D eigenvalue weighted by atomic mass is 9.76. The summed E-state index contributed by atoms with van der Waals surface area (Å²) in [4.78, 5) is 0. The smallest absolute Gasteiger partial charge is 0.248 e. The molecule has 0 spiro atoms. The predicted octanol–water partition coefficient (Wildman–Crippen LogP) is 16.1. The number of nitrogens with zero attached hydrogens (tertiary/aromatic N) is 6. The standard InChI is InChI=1S/C31H40N4O2.C27H28N4O2.C2H6/c1-10-21(27-34-35-28(37-27)31(9)17-15-24(16-18-31)30(6,7)8)19-20(2)25(32)36-26(33)22-11-13-23(14-12-22)29(3,4)5;1-6-9-18(10-7-2)23-28-30-25(32-23)20-11-8-12-21(17-20)26-31-29-24(33-26)19-13-15-22(16-14-19)27(3,4)5;1-2/h10-17,19,32-33H,18H2,1-9H3;6,8-17H,7H2,1-5H3;1-2H3/b20-19+,21-10+,32-25?,33-26?;9-6-,18-10+;. The summed E-state index contributed by atoms with van der Waals surface area (Å²) in [6, 6.07) is 23.6. The van der Waals surface area contributed by atoms with Crippen LogP contribution in [0, 0.1) is 16.2 Å². The first kappa shape index (κ1) is 55.6. The Morgan fingerprint density at radius 1 is 0.681 bits per heavy atom. The summed E-state index contributed by atoms with van der Waals surface area (Å²) in [5.74, 6) is 2.62. The summed E-state index contributed by atoms with van der Waals surface area (Å²) in [6.45, 7) is 33.4. The lowest BCUT2D eigenvalue weighted by molar-refractivity contribution is 0.390. The van der Waals surface area contributed by atoms with Crippen LogP contribution in [0.25, 0.3) is 45.5 Å². The van der Waals surface area contributed by atoms with Crippen molar-refractivity contribution in [2.24, 2.45) is 5.41 Å². The van der Waals surface area contributed by atoms with Gasteiger partial charge in [0, 0.05) is 39.0 Å². The molecule has 12 heteroatoms. The zero-order chi connectivity index (χ0) is 53.0. The van der Waals surface area contributed by atoms with Gasteiger partial charge in [-0.1, -0.05) is 156 Å². The second-order valence-electron chi connectivity index (χ2n) is 20.7. The molecule has 1 unspecified atom stereocenters. The topological polar surface area (TPSA) is 174 Å². The Balaban J connectivity index is 0.000000260. The zero-order valence-electron chi connectivity index (χ0n) is 45.3. The van der Waals surface area contributed by atoms with Gasteiger partial charge in [-0.15, -0.1) is 30.6 Å². The van der Waals surface area contributed by atoms with Crippen molar-refractivity contribution in [2.45, 2.75) is 140 Å². The molecule has 7 rings (SSSR count). The second-order valence-corrected chi connectivity index (χ2v) is 20.7. The normalized spacial score (nSPS) is 15.6. The lowest BCUT2D eigenvalue weighted by Crippen LogP contribution is -2.23. The molecule has 1 aliphatic carbocycles. The summed E-state index contributed by atoms with van der Waals surface area (Å²) >= 11 is 0. The van der Waals surface area contributed by atoms with Crippen LogP contribution in [0.5, 0.6) is 0 Å². The van der Waals surface area contributed by atoms with Crippen LogP contribution in [-0.2, 0) is 21.0 Å². The molecule has 1 atom stereocenters. The van der Waals surface area contributed by atoms with E-state index in [0.29, 0.717) is 52.1 Å². The molecule has 3 aromatic carbocycles. The van der Waals surface area contributed by atoms with Crippen LogP contribution >= 0.6 is 0 Å². The fraction of sp³-hybridized carbons (Fsp3) is 0.367. The predicted molar refractivity (Wildman–Crippen MR) is 293 cm³/mol. The van der Waals surface area contributed by atoms with Crippen LogP contribution in [0.3, 0.4) is 0 Å². The van der Waals surface area contributed by atoms with Gasteiger partial charge in [-0.25, -0.2) is 0 Å². The van der Waals surface area contributed by atoms with E-state index in [-0.39, 0.29) is 33.5 Å². The van der Waals surface area contributed by atoms with E-state index in [1.165, 1.54) is 16.7 Å². The fourth-order valence-electron chi connectivity index (χ4n) is 7.38. The van der Waals surface area contributed by atoms with Crippen LogP contribution in [0.15, 0.2) is 146 Å². The van der Waals surface area contributed by atoms with E-state index in [9.17, 15) is 0 Å². The summed E-state index contributed by atoms with van der Waals surface area (Å²) in [7, 11) is 0. The Bertz CT molecular complexity index is 2990. The van der Waals surface area contributed by atoms with Crippen molar-refractivity contribution >= 4 is 22.9 Å². The van der Waals surface area contributed by atoms with E-state index in [0.717, 1.165) is 35.1 Å². The quantitative estimate of drug-likeness (QED) is 0.0722. The highest BCUT2D eigenvalue weighted by atomic mass is 16.5. The summed E-state index contributed by atoms with van der Waals surface area (Å²) in [6.07, 6.45) is 17.8. The average Bonchev–Trinajstić information content (AvgIpc) is 4.17. The van der Waals surface area contributed by atoms with Crippen LogP contribution < -0.4 is 0 Å². The molecule has 0 saturated carbocycles. The van der Waals surface area contributed by atoms with Crippen LogP contribution in [0.4, 0.5) is 0 Å². The molecule has 0 amide bonds. The third kappa shape index (κ3) is 14.2. The Kier molecular flexibility index (Phi) is 18.3. The Morgan fingerprint density at radius 3 is 1.75 bits per heavy atom. The van der Waals surface area contributed by atoms with E-state index in [2.05, 4.69) is 143 Å². The average molecular weight is 971 g/mol. The molecule has 378 valence electrons. The number of allylic oxidation sites excluding steroid dienone is 11. The number of hydrogen-bond donors (Lipinski definition) is 2. The minimum Gasteiger partial charge on any atom is -0.421 e. The number of nitrogens with one attached hydrogen (secondary N) is 2. The lowest BCUT2D eigenvalue weighted by Gasteiger charge is -2.29. The first-order chi connectivity index (χ1) is 34.0. The Morgan fingerprint density at radius 2 is 1.22 bits per heavy atom. The molecule has 2 N–H and O–H groups in total. The third-order valence-electron chi connectivity index (χ3n) is 11.9. The highest BCUT2D eigenvalue weighted by Gasteiger charge is 2.33. The van der Waals surface area contributed by atoms with Gasteiger partial charge >= 0.3 is 0 Å². The highest BCUT2D eigenvalue weighted by molar-refractivity contribution is 6.05. The fourth-order valence-corrected chi connectivity index (χ4v) is 7.38. The number of rotatable bonds is 11. The van der Waals surface area contributed by atoms with Gasteiger partial charge in [0.2, 0.25) is 47.1 Å². The van der Waals surface area contributed by atoms with Crippen molar-refractivity contribution in [2.75, 3.05) is 0 Å². The molecular formula is C60H74N8O4. The van der Waals surface area contributed by atoms with Gasteiger partial charge in [-0.05, 0) is 122 Å². The van der Waals surface area contributed by atoms with Crippen LogP contribution in [0.2, 0.25) is 0 Å². The molecule has 6 aromatic rings. The summed E-state index contributed by atoms with van der Waals surface area (Å²) in [5.41, 5.74) is 8.81. The molecule has 0 radical (unpaired) electrons. The molecule has 0 saturated heterocycles. The number of ether oxygens (including phenoxy) is 1. The first-order valence-corrected chi connectivity index (χ1v) is 24.8. The van der Waals surface area contributed by atoms with Gasteiger partial charge in [0.25, 0.3) is 0 Å². The molecule has 0 aliphatic heterocycles. The van der Waals surface area contributed by atoms with Gasteiger partial charge in [-0.3, -0.25) is 10.8 Å². The molecule has 72 heavy (non-hydrogen) atoms. The van der Waals surface area contributed by atoms with Gasteiger partial charge in [0.05, 0.1) is 5.41 Å². The van der Waals surface area contributed by atoms with Crippen LogP contribution in [-0.4, -0.2) is 42.4 Å². The number of aromatic nitrogens is 6. The van der Waals surface area contributed by atoms with E-state index in [1.54, 1.807) is 13.0 Å². The summed E-state index contributed by atoms with van der Waals surface area (Å²) in [5, 5.41) is 42.2. The van der Waals surface area contributed by atoms with Gasteiger partial charge in [0.15, 0.2) is 0 Å². The zero-order valence-corrected chi connectivity index (χ0v) is 45.3. The van der Waals surface area contributed by atoms with E-state index in [1.807, 2.05) is 107 Å². The molecule has 3 heterocycles. The minimum atomic E-state index is -0.370. The van der Waals surface area contributed by atoms with Crippen molar-refractivity contribution in [3.05, 3.63) is 167 Å². The SMILES string of the molecule is C/C=C(\C=C(/C)C(=N)OC(=N)c1ccc(C(C)(C)C)cc1)c1nnc(C2(C)C=CC(C(C)(C)C)=CC2)o1.C/C=C\C(=C/CC)c1nnc(-c2cccc(-c3nnc(-c4ccc(C(C)(C)C)cc4)o3)c2)o1.CC. The van der Waals surface area contributed by atoms with Crippen molar-refractivity contribution in [3.63, 3.8) is 0 Å². The van der Waals surface area contributed by atoms with Crippen molar-refractivity contribution in [1.82, 2.24) is 30.6 Å². The van der Waals surface area contributed by atoms with E-state index < -0.39 is 0 Å².